The highest BCUT2D eigenvalue weighted by molar-refractivity contribution is 7.09. The summed E-state index contributed by atoms with van der Waals surface area (Å²) in [5, 5.41) is 6.43. The summed E-state index contributed by atoms with van der Waals surface area (Å²) in [6.07, 6.45) is 0. The number of benzene rings is 1. The Bertz CT molecular complexity index is 513. The average Bonchev–Trinajstić information content (AvgIpc) is 2.91. The summed E-state index contributed by atoms with van der Waals surface area (Å²) in [6.45, 7) is 5.09. The molecular formula is C16H21ClN2S. The van der Waals surface area contributed by atoms with Gasteiger partial charge in [-0.25, -0.2) is 0 Å². The topological polar surface area (TPSA) is 15.3 Å². The van der Waals surface area contributed by atoms with Gasteiger partial charge in [0.05, 0.1) is 0 Å². The van der Waals surface area contributed by atoms with Gasteiger partial charge in [0, 0.05) is 35.6 Å². The standard InChI is InChI=1S/C16H21ClN2S/c1-13(10-18-11-16-7-4-8-20-16)19(2)12-14-5-3-6-15(17)9-14/h3-9,13,18H,10-12H2,1-2H3. The van der Waals surface area contributed by atoms with E-state index in [0.717, 1.165) is 24.7 Å². The van der Waals surface area contributed by atoms with Gasteiger partial charge in [-0.1, -0.05) is 29.8 Å². The Kier molecular flexibility index (Phi) is 6.05. The highest BCUT2D eigenvalue weighted by Gasteiger charge is 2.09. The van der Waals surface area contributed by atoms with Crippen molar-refractivity contribution in [1.82, 2.24) is 10.2 Å². The lowest BCUT2D eigenvalue weighted by molar-refractivity contribution is 0.242. The maximum atomic E-state index is 6.02. The van der Waals surface area contributed by atoms with Crippen LogP contribution in [0.15, 0.2) is 41.8 Å². The fourth-order valence-corrected chi connectivity index (χ4v) is 2.94. The van der Waals surface area contributed by atoms with Gasteiger partial charge in [-0.05, 0) is 43.1 Å². The Morgan fingerprint density at radius 2 is 2.15 bits per heavy atom. The first-order valence-corrected chi connectivity index (χ1v) is 8.08. The number of hydrogen-bond donors (Lipinski definition) is 1. The molecule has 0 aliphatic heterocycles. The largest absolute Gasteiger partial charge is 0.310 e. The van der Waals surface area contributed by atoms with Crippen LogP contribution in [0.3, 0.4) is 0 Å². The minimum atomic E-state index is 0.481. The molecule has 2 aromatic rings. The monoisotopic (exact) mass is 308 g/mol. The number of halogens is 1. The Labute approximate surface area is 130 Å². The van der Waals surface area contributed by atoms with E-state index in [1.54, 1.807) is 11.3 Å². The molecule has 2 rings (SSSR count). The van der Waals surface area contributed by atoms with Crippen molar-refractivity contribution in [1.29, 1.82) is 0 Å². The zero-order valence-electron chi connectivity index (χ0n) is 12.0. The van der Waals surface area contributed by atoms with E-state index in [2.05, 4.69) is 47.8 Å². The molecule has 0 spiro atoms. The molecule has 0 fully saturated rings. The molecule has 0 amide bonds. The van der Waals surface area contributed by atoms with E-state index in [1.807, 2.05) is 18.2 Å². The summed E-state index contributed by atoms with van der Waals surface area (Å²) in [4.78, 5) is 3.72. The van der Waals surface area contributed by atoms with Crippen molar-refractivity contribution in [2.45, 2.75) is 26.1 Å². The van der Waals surface area contributed by atoms with Crippen LogP contribution in [0.5, 0.6) is 0 Å². The molecule has 1 aromatic heterocycles. The highest BCUT2D eigenvalue weighted by Crippen LogP contribution is 2.13. The van der Waals surface area contributed by atoms with E-state index in [0.29, 0.717) is 6.04 Å². The third kappa shape index (κ3) is 4.91. The predicted molar refractivity (Wildman–Crippen MR) is 88.4 cm³/mol. The van der Waals surface area contributed by atoms with E-state index < -0.39 is 0 Å². The van der Waals surface area contributed by atoms with Crippen LogP contribution in [-0.2, 0) is 13.1 Å². The molecule has 0 aliphatic carbocycles. The van der Waals surface area contributed by atoms with Crippen molar-refractivity contribution in [3.63, 3.8) is 0 Å². The number of rotatable bonds is 7. The molecule has 1 unspecified atom stereocenters. The van der Waals surface area contributed by atoms with Crippen LogP contribution in [0.1, 0.15) is 17.4 Å². The van der Waals surface area contributed by atoms with Crippen molar-refractivity contribution < 1.29 is 0 Å². The van der Waals surface area contributed by atoms with E-state index in [-0.39, 0.29) is 0 Å². The number of hydrogen-bond acceptors (Lipinski definition) is 3. The van der Waals surface area contributed by atoms with Crippen LogP contribution in [0.25, 0.3) is 0 Å². The smallest absolute Gasteiger partial charge is 0.0409 e. The second kappa shape index (κ2) is 7.79. The third-order valence-electron chi connectivity index (χ3n) is 3.39. The molecule has 0 saturated heterocycles. The zero-order valence-corrected chi connectivity index (χ0v) is 13.5. The van der Waals surface area contributed by atoms with Gasteiger partial charge in [-0.2, -0.15) is 0 Å². The van der Waals surface area contributed by atoms with Crippen LogP contribution in [-0.4, -0.2) is 24.5 Å². The zero-order chi connectivity index (χ0) is 14.4. The van der Waals surface area contributed by atoms with Crippen molar-refractivity contribution in [2.24, 2.45) is 0 Å². The molecule has 108 valence electrons. The number of thiophene rings is 1. The molecule has 4 heteroatoms. The molecule has 20 heavy (non-hydrogen) atoms. The maximum Gasteiger partial charge on any atom is 0.0409 e. The second-order valence-corrected chi connectivity index (χ2v) is 6.57. The van der Waals surface area contributed by atoms with Crippen molar-refractivity contribution in [2.75, 3.05) is 13.6 Å². The van der Waals surface area contributed by atoms with Gasteiger partial charge in [0.2, 0.25) is 0 Å². The normalized spacial score (nSPS) is 12.8. The summed E-state index contributed by atoms with van der Waals surface area (Å²) in [5.41, 5.74) is 1.25. The molecule has 1 N–H and O–H groups in total. The molecule has 1 aromatic carbocycles. The van der Waals surface area contributed by atoms with Gasteiger partial charge in [-0.15, -0.1) is 11.3 Å². The molecule has 0 aliphatic rings. The SMILES string of the molecule is CC(CNCc1cccs1)N(C)Cc1cccc(Cl)c1. The van der Waals surface area contributed by atoms with Gasteiger partial charge in [0.1, 0.15) is 0 Å². The Hall–Kier alpha value is -0.870. The summed E-state index contributed by atoms with van der Waals surface area (Å²) >= 11 is 7.82. The van der Waals surface area contributed by atoms with Gasteiger partial charge in [-0.3, -0.25) is 4.90 Å². The summed E-state index contributed by atoms with van der Waals surface area (Å²) < 4.78 is 0. The minimum absolute atomic E-state index is 0.481. The van der Waals surface area contributed by atoms with Crippen molar-refractivity contribution in [3.05, 3.63) is 57.2 Å². The Morgan fingerprint density at radius 3 is 2.85 bits per heavy atom. The van der Waals surface area contributed by atoms with E-state index in [4.69, 9.17) is 11.6 Å². The number of nitrogens with zero attached hydrogens (tertiary/aromatic N) is 1. The number of likely N-dealkylation sites (N-methyl/N-ethyl adjacent to an activating group) is 1. The first kappa shape index (κ1) is 15.5. The van der Waals surface area contributed by atoms with Gasteiger partial charge < -0.3 is 5.32 Å². The highest BCUT2D eigenvalue weighted by atomic mass is 35.5. The molecule has 0 saturated carbocycles. The average molecular weight is 309 g/mol. The first-order valence-electron chi connectivity index (χ1n) is 6.83. The van der Waals surface area contributed by atoms with Crippen LogP contribution in [0.2, 0.25) is 5.02 Å². The molecule has 0 radical (unpaired) electrons. The Morgan fingerprint density at radius 1 is 1.30 bits per heavy atom. The van der Waals surface area contributed by atoms with E-state index >= 15 is 0 Å². The molecular weight excluding hydrogens is 288 g/mol. The van der Waals surface area contributed by atoms with Gasteiger partial charge in [0.15, 0.2) is 0 Å². The molecule has 1 heterocycles. The van der Waals surface area contributed by atoms with Crippen molar-refractivity contribution >= 4 is 22.9 Å². The summed E-state index contributed by atoms with van der Waals surface area (Å²) in [5.74, 6) is 0. The van der Waals surface area contributed by atoms with Crippen molar-refractivity contribution in [3.8, 4) is 0 Å². The molecule has 1 atom stereocenters. The Balaban J connectivity index is 1.75. The lowest BCUT2D eigenvalue weighted by Crippen LogP contribution is -2.37. The quantitative estimate of drug-likeness (QED) is 0.831. The van der Waals surface area contributed by atoms with Crippen LogP contribution in [0, 0.1) is 0 Å². The van der Waals surface area contributed by atoms with E-state index in [1.165, 1.54) is 10.4 Å². The fourth-order valence-electron chi connectivity index (χ4n) is 2.05. The van der Waals surface area contributed by atoms with Crippen LogP contribution < -0.4 is 5.32 Å². The predicted octanol–water partition coefficient (Wildman–Crippen LogP) is 4.01. The first-order chi connectivity index (χ1) is 9.65. The van der Waals surface area contributed by atoms with Crippen LogP contribution in [0.4, 0.5) is 0 Å². The molecule has 0 bridgehead atoms. The molecule has 2 nitrogen and oxygen atoms in total. The maximum absolute atomic E-state index is 6.02. The number of nitrogens with one attached hydrogen (secondary N) is 1. The lowest BCUT2D eigenvalue weighted by Gasteiger charge is -2.25. The minimum Gasteiger partial charge on any atom is -0.310 e. The van der Waals surface area contributed by atoms with Gasteiger partial charge in [0.25, 0.3) is 0 Å². The summed E-state index contributed by atoms with van der Waals surface area (Å²) in [6, 6.07) is 12.8. The van der Waals surface area contributed by atoms with Gasteiger partial charge >= 0.3 is 0 Å². The fraction of sp³-hybridized carbons (Fsp3) is 0.375. The van der Waals surface area contributed by atoms with Crippen LogP contribution >= 0.6 is 22.9 Å². The second-order valence-electron chi connectivity index (χ2n) is 5.10. The summed E-state index contributed by atoms with van der Waals surface area (Å²) in [7, 11) is 2.15. The third-order valence-corrected chi connectivity index (χ3v) is 4.50. The lowest BCUT2D eigenvalue weighted by atomic mass is 10.2. The van der Waals surface area contributed by atoms with E-state index in [9.17, 15) is 0 Å².